The summed E-state index contributed by atoms with van der Waals surface area (Å²) in [6.45, 7) is 5.51. The van der Waals surface area contributed by atoms with Gasteiger partial charge in [0.25, 0.3) is 0 Å². The van der Waals surface area contributed by atoms with E-state index in [1.54, 1.807) is 12.4 Å². The molecule has 1 aliphatic heterocycles. The van der Waals surface area contributed by atoms with Crippen molar-refractivity contribution in [3.63, 3.8) is 0 Å². The van der Waals surface area contributed by atoms with Crippen LogP contribution in [0, 0.1) is 0 Å². The van der Waals surface area contributed by atoms with Gasteiger partial charge in [0.15, 0.2) is 0 Å². The van der Waals surface area contributed by atoms with Crippen LogP contribution in [0.4, 0.5) is 0 Å². The van der Waals surface area contributed by atoms with Crippen molar-refractivity contribution in [2.45, 2.75) is 19.9 Å². The first kappa shape index (κ1) is 11.8. The summed E-state index contributed by atoms with van der Waals surface area (Å²) in [4.78, 5) is 16.0. The average molecular weight is 231 g/mol. The number of carbonyl (C=O) groups excluding carboxylic acids is 1. The summed E-state index contributed by atoms with van der Waals surface area (Å²) in [5, 5.41) is 6.11. The number of rotatable bonds is 3. The summed E-state index contributed by atoms with van der Waals surface area (Å²) >= 11 is 0. The minimum atomic E-state index is -0.0141. The lowest BCUT2D eigenvalue weighted by Gasteiger charge is -2.22. The fraction of sp³-hybridized carbons (Fsp3) is 0.385. The van der Waals surface area contributed by atoms with Crippen molar-refractivity contribution in [3.05, 3.63) is 41.2 Å². The molecule has 1 unspecified atom stereocenters. The average Bonchev–Trinajstić information content (AvgIpc) is 2.27. The third kappa shape index (κ3) is 2.71. The predicted molar refractivity (Wildman–Crippen MR) is 66.4 cm³/mol. The number of nitrogens with one attached hydrogen (secondary N) is 2. The Morgan fingerprint density at radius 3 is 2.82 bits per heavy atom. The van der Waals surface area contributed by atoms with Gasteiger partial charge in [-0.15, -0.1) is 0 Å². The van der Waals surface area contributed by atoms with Gasteiger partial charge >= 0.3 is 0 Å². The summed E-state index contributed by atoms with van der Waals surface area (Å²) < 4.78 is 0. The predicted octanol–water partition coefficient (Wildman–Crippen LogP) is 1.18. The zero-order chi connectivity index (χ0) is 12.3. The first-order valence-electron chi connectivity index (χ1n) is 5.78. The number of carbonyl (C=O) groups is 1. The Hall–Kier alpha value is -1.68. The molecule has 17 heavy (non-hydrogen) atoms. The zero-order valence-corrected chi connectivity index (χ0v) is 10.2. The lowest BCUT2D eigenvalue weighted by molar-refractivity contribution is -0.118. The van der Waals surface area contributed by atoms with Crippen molar-refractivity contribution in [3.8, 4) is 0 Å². The third-order valence-electron chi connectivity index (χ3n) is 3.08. The van der Waals surface area contributed by atoms with Crippen LogP contribution in [0.15, 0.2) is 35.7 Å². The summed E-state index contributed by atoms with van der Waals surface area (Å²) in [6.07, 6.45) is 3.50. The summed E-state index contributed by atoms with van der Waals surface area (Å²) in [6, 6.07) is 3.82. The Labute approximate surface area is 101 Å². The molecule has 0 aromatic carbocycles. The summed E-state index contributed by atoms with van der Waals surface area (Å²) in [5.74, 6) is 0.0119. The molecule has 1 amide bonds. The molecule has 0 aliphatic carbocycles. The van der Waals surface area contributed by atoms with Gasteiger partial charge in [-0.25, -0.2) is 0 Å². The fourth-order valence-electron chi connectivity index (χ4n) is 1.70. The normalized spacial score (nSPS) is 16.0. The van der Waals surface area contributed by atoms with E-state index in [0.29, 0.717) is 0 Å². The van der Waals surface area contributed by atoms with Crippen LogP contribution < -0.4 is 10.6 Å². The van der Waals surface area contributed by atoms with E-state index in [9.17, 15) is 4.79 Å². The van der Waals surface area contributed by atoms with E-state index in [1.165, 1.54) is 5.57 Å². The molecular formula is C13H17N3O. The van der Waals surface area contributed by atoms with Gasteiger partial charge < -0.3 is 10.6 Å². The molecule has 0 spiro atoms. The Bertz CT molecular complexity index is 433. The topological polar surface area (TPSA) is 54.0 Å². The number of hydrogen-bond donors (Lipinski definition) is 2. The molecule has 1 atom stereocenters. The number of hydrogen-bond acceptors (Lipinski definition) is 3. The smallest absolute Gasteiger partial charge is 0.247 e. The molecule has 4 heteroatoms. The first-order valence-corrected chi connectivity index (χ1v) is 5.78. The molecule has 1 aromatic rings. The second kappa shape index (κ2) is 5.10. The largest absolute Gasteiger partial charge is 0.346 e. The highest BCUT2D eigenvalue weighted by atomic mass is 16.1. The lowest BCUT2D eigenvalue weighted by atomic mass is 10.0. The Morgan fingerprint density at radius 2 is 2.29 bits per heavy atom. The van der Waals surface area contributed by atoms with E-state index in [-0.39, 0.29) is 11.9 Å². The molecule has 4 nitrogen and oxygen atoms in total. The molecule has 2 heterocycles. The van der Waals surface area contributed by atoms with Crippen LogP contribution in [0.3, 0.4) is 0 Å². The van der Waals surface area contributed by atoms with Crippen molar-refractivity contribution in [1.29, 1.82) is 0 Å². The Kier molecular flexibility index (Phi) is 3.54. The van der Waals surface area contributed by atoms with E-state index in [4.69, 9.17) is 0 Å². The standard InChI is InChI=1S/C13H17N3O/c1-9(12-7-15-8-12)13(17)16-10(2)11-4-3-5-14-6-11/h3-6,10,15H,7-8H2,1-2H3,(H,16,17). The SMILES string of the molecule is CC(C(=O)NC(C)c1cccnc1)=C1CNC1. The molecule has 1 fully saturated rings. The molecule has 1 aliphatic rings. The molecule has 90 valence electrons. The Morgan fingerprint density at radius 1 is 1.53 bits per heavy atom. The van der Waals surface area contributed by atoms with E-state index in [1.807, 2.05) is 26.0 Å². The van der Waals surface area contributed by atoms with Crippen LogP contribution >= 0.6 is 0 Å². The molecule has 2 N–H and O–H groups in total. The van der Waals surface area contributed by atoms with Crippen molar-refractivity contribution in [2.24, 2.45) is 0 Å². The van der Waals surface area contributed by atoms with Gasteiger partial charge in [-0.1, -0.05) is 6.07 Å². The van der Waals surface area contributed by atoms with Crippen molar-refractivity contribution >= 4 is 5.91 Å². The molecule has 1 saturated heterocycles. The van der Waals surface area contributed by atoms with Crippen LogP contribution in [-0.2, 0) is 4.79 Å². The Balaban J connectivity index is 1.99. The van der Waals surface area contributed by atoms with Gasteiger partial charge in [-0.2, -0.15) is 0 Å². The van der Waals surface area contributed by atoms with Gasteiger partial charge in [0.1, 0.15) is 0 Å². The third-order valence-corrected chi connectivity index (χ3v) is 3.08. The van der Waals surface area contributed by atoms with Gasteiger partial charge in [0.2, 0.25) is 5.91 Å². The van der Waals surface area contributed by atoms with Crippen LogP contribution in [0.1, 0.15) is 25.5 Å². The number of aromatic nitrogens is 1. The van der Waals surface area contributed by atoms with E-state index in [2.05, 4.69) is 15.6 Å². The van der Waals surface area contributed by atoms with Crippen molar-refractivity contribution in [1.82, 2.24) is 15.6 Å². The van der Waals surface area contributed by atoms with Crippen LogP contribution in [0.2, 0.25) is 0 Å². The summed E-state index contributed by atoms with van der Waals surface area (Å²) in [7, 11) is 0. The highest BCUT2D eigenvalue weighted by molar-refractivity contribution is 5.94. The quantitative estimate of drug-likeness (QED) is 0.768. The monoisotopic (exact) mass is 231 g/mol. The minimum Gasteiger partial charge on any atom is -0.346 e. The summed E-state index contributed by atoms with van der Waals surface area (Å²) in [5.41, 5.74) is 3.05. The molecular weight excluding hydrogens is 214 g/mol. The van der Waals surface area contributed by atoms with Crippen molar-refractivity contribution < 1.29 is 4.79 Å². The maximum Gasteiger partial charge on any atom is 0.247 e. The fourth-order valence-corrected chi connectivity index (χ4v) is 1.70. The van der Waals surface area contributed by atoms with Crippen molar-refractivity contribution in [2.75, 3.05) is 13.1 Å². The number of pyridine rings is 1. The highest BCUT2D eigenvalue weighted by Gasteiger charge is 2.17. The van der Waals surface area contributed by atoms with Gasteiger partial charge in [0, 0.05) is 31.1 Å². The molecule has 0 radical (unpaired) electrons. The van der Waals surface area contributed by atoms with Crippen LogP contribution in [-0.4, -0.2) is 24.0 Å². The van der Waals surface area contributed by atoms with Gasteiger partial charge in [0.05, 0.1) is 6.04 Å². The maximum absolute atomic E-state index is 11.9. The second-order valence-electron chi connectivity index (χ2n) is 4.31. The van der Waals surface area contributed by atoms with Gasteiger partial charge in [-0.05, 0) is 31.1 Å². The van der Waals surface area contributed by atoms with Crippen LogP contribution in [0.25, 0.3) is 0 Å². The van der Waals surface area contributed by atoms with E-state index < -0.39 is 0 Å². The molecule has 1 aromatic heterocycles. The van der Waals surface area contributed by atoms with Crippen LogP contribution in [0.5, 0.6) is 0 Å². The van der Waals surface area contributed by atoms with E-state index in [0.717, 1.165) is 24.2 Å². The number of amides is 1. The molecule has 0 bridgehead atoms. The first-order chi connectivity index (χ1) is 8.18. The van der Waals surface area contributed by atoms with E-state index >= 15 is 0 Å². The zero-order valence-electron chi connectivity index (χ0n) is 10.2. The number of nitrogens with zero attached hydrogens (tertiary/aromatic N) is 1. The lowest BCUT2D eigenvalue weighted by Crippen LogP contribution is -2.38. The molecule has 0 saturated carbocycles. The maximum atomic E-state index is 11.9. The van der Waals surface area contributed by atoms with Gasteiger partial charge in [-0.3, -0.25) is 9.78 Å². The second-order valence-corrected chi connectivity index (χ2v) is 4.31. The minimum absolute atomic E-state index is 0.0119. The highest BCUT2D eigenvalue weighted by Crippen LogP contribution is 2.13. The molecule has 2 rings (SSSR count).